The van der Waals surface area contributed by atoms with Gasteiger partial charge in [-0.3, -0.25) is 0 Å². The Hall–Kier alpha value is -2.29. The smallest absolute Gasteiger partial charge is 0.222 e. The Bertz CT molecular complexity index is 601. The number of hydrogen-bond acceptors (Lipinski definition) is 3. The van der Waals surface area contributed by atoms with E-state index in [4.69, 9.17) is 9.15 Å². The molecule has 16 heavy (non-hydrogen) atoms. The molecule has 0 amide bonds. The predicted octanol–water partition coefficient (Wildman–Crippen LogP) is 3.62. The van der Waals surface area contributed by atoms with E-state index < -0.39 is 0 Å². The van der Waals surface area contributed by atoms with Crippen LogP contribution in [0.4, 0.5) is 0 Å². The molecule has 3 aromatic rings. The Morgan fingerprint density at radius 3 is 2.81 bits per heavy atom. The van der Waals surface area contributed by atoms with Gasteiger partial charge in [-0.2, -0.15) is 0 Å². The largest absolute Gasteiger partial charge is 0.464 e. The van der Waals surface area contributed by atoms with Gasteiger partial charge in [-0.15, -0.1) is 0 Å². The highest BCUT2D eigenvalue weighted by Gasteiger charge is 2.02. The molecule has 0 spiro atoms. The van der Waals surface area contributed by atoms with E-state index in [1.807, 2.05) is 36.4 Å². The molecule has 2 aromatic heterocycles. The summed E-state index contributed by atoms with van der Waals surface area (Å²) in [5.74, 6) is 1.30. The molecule has 0 radical (unpaired) electrons. The Morgan fingerprint density at radius 2 is 1.94 bits per heavy atom. The average Bonchev–Trinajstić information content (AvgIpc) is 2.77. The molecule has 3 heteroatoms. The van der Waals surface area contributed by atoms with Crippen molar-refractivity contribution in [3.05, 3.63) is 54.9 Å². The van der Waals surface area contributed by atoms with Gasteiger partial charge in [0.05, 0.1) is 6.26 Å². The zero-order chi connectivity index (χ0) is 10.8. The van der Waals surface area contributed by atoms with Crippen LogP contribution in [-0.4, -0.2) is 4.98 Å². The second-order valence-electron chi connectivity index (χ2n) is 3.40. The first-order valence-corrected chi connectivity index (χ1v) is 4.98. The Labute approximate surface area is 92.3 Å². The summed E-state index contributed by atoms with van der Waals surface area (Å²) >= 11 is 0. The van der Waals surface area contributed by atoms with Crippen molar-refractivity contribution in [3.63, 3.8) is 0 Å². The minimum absolute atomic E-state index is 0.536. The molecule has 1 aromatic carbocycles. The summed E-state index contributed by atoms with van der Waals surface area (Å²) in [6.07, 6.45) is 3.37. The van der Waals surface area contributed by atoms with E-state index in [9.17, 15) is 0 Å². The molecule has 0 saturated heterocycles. The second-order valence-corrected chi connectivity index (χ2v) is 3.40. The van der Waals surface area contributed by atoms with Crippen molar-refractivity contribution in [3.8, 4) is 11.6 Å². The van der Waals surface area contributed by atoms with Crippen molar-refractivity contribution in [2.24, 2.45) is 0 Å². The van der Waals surface area contributed by atoms with Crippen LogP contribution in [0.1, 0.15) is 0 Å². The molecule has 0 aliphatic carbocycles. The van der Waals surface area contributed by atoms with Crippen LogP contribution >= 0.6 is 0 Å². The van der Waals surface area contributed by atoms with Crippen LogP contribution in [0.2, 0.25) is 0 Å². The summed E-state index contributed by atoms with van der Waals surface area (Å²) in [6, 6.07) is 13.2. The molecular weight excluding hydrogens is 202 g/mol. The van der Waals surface area contributed by atoms with Gasteiger partial charge in [0.15, 0.2) is 0 Å². The van der Waals surface area contributed by atoms with E-state index in [0.717, 1.165) is 16.7 Å². The Balaban J connectivity index is 1.94. The lowest BCUT2D eigenvalue weighted by Gasteiger charge is -2.03. The topological polar surface area (TPSA) is 35.3 Å². The normalized spacial score (nSPS) is 10.5. The molecule has 0 unspecified atom stereocenters. The minimum atomic E-state index is 0.536. The summed E-state index contributed by atoms with van der Waals surface area (Å²) in [5, 5.41) is 0.973. The van der Waals surface area contributed by atoms with Gasteiger partial charge in [0.25, 0.3) is 0 Å². The van der Waals surface area contributed by atoms with Crippen molar-refractivity contribution in [1.29, 1.82) is 0 Å². The number of furan rings is 1. The SMILES string of the molecule is c1ccc(Oc2cc3occc3cn2)cc1. The predicted molar refractivity (Wildman–Crippen MR) is 60.5 cm³/mol. The van der Waals surface area contributed by atoms with Gasteiger partial charge in [-0.1, -0.05) is 18.2 Å². The summed E-state index contributed by atoms with van der Waals surface area (Å²) in [5.41, 5.74) is 0.779. The lowest BCUT2D eigenvalue weighted by atomic mass is 10.3. The minimum Gasteiger partial charge on any atom is -0.464 e. The second kappa shape index (κ2) is 3.70. The zero-order valence-corrected chi connectivity index (χ0v) is 8.46. The van der Waals surface area contributed by atoms with Crippen molar-refractivity contribution in [2.75, 3.05) is 0 Å². The third-order valence-corrected chi connectivity index (χ3v) is 2.28. The number of hydrogen-bond donors (Lipinski definition) is 0. The van der Waals surface area contributed by atoms with Gasteiger partial charge in [0.2, 0.25) is 5.88 Å². The van der Waals surface area contributed by atoms with Crippen molar-refractivity contribution < 1.29 is 9.15 Å². The van der Waals surface area contributed by atoms with E-state index in [1.54, 1.807) is 18.5 Å². The highest BCUT2D eigenvalue weighted by atomic mass is 16.5. The number of rotatable bonds is 2. The maximum absolute atomic E-state index is 5.58. The number of ether oxygens (including phenoxy) is 1. The third-order valence-electron chi connectivity index (χ3n) is 2.28. The van der Waals surface area contributed by atoms with Gasteiger partial charge in [-0.25, -0.2) is 4.98 Å². The van der Waals surface area contributed by atoms with Crippen LogP contribution in [0, 0.1) is 0 Å². The first kappa shape index (κ1) is 8.97. The first-order chi connectivity index (χ1) is 7.92. The monoisotopic (exact) mass is 211 g/mol. The molecule has 0 aliphatic heterocycles. The molecular formula is C13H9NO2. The fourth-order valence-corrected chi connectivity index (χ4v) is 1.50. The van der Waals surface area contributed by atoms with E-state index in [0.29, 0.717) is 5.88 Å². The van der Waals surface area contributed by atoms with Crippen LogP contribution in [0.15, 0.2) is 59.3 Å². The number of benzene rings is 1. The number of nitrogens with zero attached hydrogens (tertiary/aromatic N) is 1. The van der Waals surface area contributed by atoms with Crippen molar-refractivity contribution in [1.82, 2.24) is 4.98 Å². The molecule has 2 heterocycles. The quantitative estimate of drug-likeness (QED) is 0.649. The molecule has 3 rings (SSSR count). The molecule has 78 valence electrons. The summed E-state index contributed by atoms with van der Waals surface area (Å²) in [7, 11) is 0. The molecule has 0 N–H and O–H groups in total. The maximum Gasteiger partial charge on any atom is 0.222 e. The zero-order valence-electron chi connectivity index (χ0n) is 8.46. The van der Waals surface area contributed by atoms with Crippen molar-refractivity contribution in [2.45, 2.75) is 0 Å². The number of para-hydroxylation sites is 1. The maximum atomic E-state index is 5.58. The van der Waals surface area contributed by atoms with Crippen LogP contribution in [0.3, 0.4) is 0 Å². The standard InChI is InChI=1S/C13H9NO2/c1-2-4-11(5-3-1)16-13-8-12-10(9-14-13)6-7-15-12/h1-9H. The van der Waals surface area contributed by atoms with Crippen LogP contribution < -0.4 is 4.74 Å². The van der Waals surface area contributed by atoms with E-state index in [-0.39, 0.29) is 0 Å². The van der Waals surface area contributed by atoms with Crippen LogP contribution in [0.5, 0.6) is 11.6 Å². The highest BCUT2D eigenvalue weighted by Crippen LogP contribution is 2.23. The Morgan fingerprint density at radius 1 is 1.06 bits per heavy atom. The fourth-order valence-electron chi connectivity index (χ4n) is 1.50. The van der Waals surface area contributed by atoms with Gasteiger partial charge in [0.1, 0.15) is 11.3 Å². The molecule has 0 bridgehead atoms. The number of aromatic nitrogens is 1. The van der Waals surface area contributed by atoms with Crippen LogP contribution in [-0.2, 0) is 0 Å². The lowest BCUT2D eigenvalue weighted by Crippen LogP contribution is -1.86. The lowest BCUT2D eigenvalue weighted by molar-refractivity contribution is 0.462. The summed E-state index contributed by atoms with van der Waals surface area (Å²) in [4.78, 5) is 4.19. The number of fused-ring (bicyclic) bond motifs is 1. The van der Waals surface area contributed by atoms with E-state index >= 15 is 0 Å². The van der Waals surface area contributed by atoms with Gasteiger partial charge >= 0.3 is 0 Å². The molecule has 0 fully saturated rings. The van der Waals surface area contributed by atoms with Gasteiger partial charge in [0, 0.05) is 17.6 Å². The fraction of sp³-hybridized carbons (Fsp3) is 0. The van der Waals surface area contributed by atoms with E-state index in [2.05, 4.69) is 4.98 Å². The first-order valence-electron chi connectivity index (χ1n) is 4.98. The number of pyridine rings is 1. The third kappa shape index (κ3) is 1.63. The van der Waals surface area contributed by atoms with E-state index in [1.165, 1.54) is 0 Å². The molecule has 3 nitrogen and oxygen atoms in total. The molecule has 0 atom stereocenters. The summed E-state index contributed by atoms with van der Waals surface area (Å²) in [6.45, 7) is 0. The molecule has 0 aliphatic rings. The Kier molecular flexibility index (Phi) is 2.07. The van der Waals surface area contributed by atoms with Crippen molar-refractivity contribution >= 4 is 11.0 Å². The highest BCUT2D eigenvalue weighted by molar-refractivity contribution is 5.76. The summed E-state index contributed by atoms with van der Waals surface area (Å²) < 4.78 is 10.9. The van der Waals surface area contributed by atoms with Gasteiger partial charge in [-0.05, 0) is 18.2 Å². The average molecular weight is 211 g/mol. The molecule has 0 saturated carbocycles. The van der Waals surface area contributed by atoms with Crippen LogP contribution in [0.25, 0.3) is 11.0 Å². The van der Waals surface area contributed by atoms with Gasteiger partial charge < -0.3 is 9.15 Å².